The van der Waals surface area contributed by atoms with Gasteiger partial charge in [-0.3, -0.25) is 4.79 Å². The summed E-state index contributed by atoms with van der Waals surface area (Å²) in [6.07, 6.45) is 3.23. The van der Waals surface area contributed by atoms with E-state index in [1.807, 2.05) is 24.3 Å². The first-order chi connectivity index (χ1) is 10.2. The van der Waals surface area contributed by atoms with Gasteiger partial charge in [0.25, 0.3) is 0 Å². The zero-order chi connectivity index (χ0) is 14.9. The van der Waals surface area contributed by atoms with E-state index >= 15 is 0 Å². The number of hydrogen-bond acceptors (Lipinski definition) is 4. The molecule has 1 aliphatic heterocycles. The molecule has 0 unspecified atom stereocenters. The number of carbonyl (C=O) groups is 1. The van der Waals surface area contributed by atoms with Crippen LogP contribution in [0.15, 0.2) is 24.3 Å². The van der Waals surface area contributed by atoms with Crippen LogP contribution in [0.5, 0.6) is 5.75 Å². The van der Waals surface area contributed by atoms with E-state index in [9.17, 15) is 4.79 Å². The first-order valence-electron chi connectivity index (χ1n) is 7.49. The van der Waals surface area contributed by atoms with Crippen molar-refractivity contribution in [1.29, 1.82) is 0 Å². The Kier molecular flexibility index (Phi) is 3.87. The van der Waals surface area contributed by atoms with Gasteiger partial charge in [-0.2, -0.15) is 0 Å². The topological polar surface area (TPSA) is 73.6 Å². The minimum atomic E-state index is -0.353. The van der Waals surface area contributed by atoms with Gasteiger partial charge in [-0.1, -0.05) is 12.1 Å². The lowest BCUT2D eigenvalue weighted by Gasteiger charge is -2.21. The third-order valence-electron chi connectivity index (χ3n) is 4.42. The molecule has 3 N–H and O–H groups in total. The number of nitrogens with two attached hydrogens (primary N) is 1. The van der Waals surface area contributed by atoms with E-state index in [0.29, 0.717) is 6.54 Å². The summed E-state index contributed by atoms with van der Waals surface area (Å²) < 4.78 is 10.8. The van der Waals surface area contributed by atoms with E-state index < -0.39 is 0 Å². The van der Waals surface area contributed by atoms with Crippen LogP contribution in [0.1, 0.15) is 31.2 Å². The Morgan fingerprint density at radius 2 is 2.10 bits per heavy atom. The van der Waals surface area contributed by atoms with Crippen molar-refractivity contribution < 1.29 is 14.3 Å². The highest BCUT2D eigenvalue weighted by atomic mass is 16.5. The van der Waals surface area contributed by atoms with E-state index in [1.165, 1.54) is 0 Å². The molecule has 1 heterocycles. The van der Waals surface area contributed by atoms with Crippen molar-refractivity contribution in [3.05, 3.63) is 29.8 Å². The van der Waals surface area contributed by atoms with Crippen molar-refractivity contribution in [1.82, 2.24) is 5.32 Å². The van der Waals surface area contributed by atoms with Crippen LogP contribution in [0.25, 0.3) is 0 Å². The van der Waals surface area contributed by atoms with E-state index in [1.54, 1.807) is 7.11 Å². The molecule has 1 saturated carbocycles. The number of ether oxygens (including phenoxy) is 2. The normalized spacial score (nSPS) is 26.4. The first-order valence-corrected chi connectivity index (χ1v) is 7.49. The second kappa shape index (κ2) is 5.66. The summed E-state index contributed by atoms with van der Waals surface area (Å²) in [6, 6.07) is 7.89. The van der Waals surface area contributed by atoms with Crippen molar-refractivity contribution in [3.63, 3.8) is 0 Å². The fraction of sp³-hybridized carbons (Fsp3) is 0.562. The molecule has 0 aromatic heterocycles. The molecule has 2 atom stereocenters. The average Bonchev–Trinajstić information content (AvgIpc) is 3.13. The van der Waals surface area contributed by atoms with Crippen LogP contribution in [0, 0.1) is 0 Å². The molecule has 1 amide bonds. The van der Waals surface area contributed by atoms with Gasteiger partial charge in [-0.25, -0.2) is 0 Å². The number of benzene rings is 1. The molecule has 2 fully saturated rings. The standard InChI is InChI=1S/C16H22N2O3/c1-20-12-4-2-11(3-5-12)16(8-9-16)18-15(19)14-7-6-13(10-17)21-14/h2-5,13-14H,6-10,17H2,1H3,(H,18,19)/t13-,14+/m1/s1. The molecular formula is C16H22N2O3. The van der Waals surface area contributed by atoms with Gasteiger partial charge in [0.15, 0.2) is 0 Å². The Labute approximate surface area is 124 Å². The van der Waals surface area contributed by atoms with Crippen LogP contribution in [0.3, 0.4) is 0 Å². The van der Waals surface area contributed by atoms with E-state index in [4.69, 9.17) is 15.2 Å². The lowest BCUT2D eigenvalue weighted by molar-refractivity contribution is -0.132. The van der Waals surface area contributed by atoms with Gasteiger partial charge in [0.2, 0.25) is 5.91 Å². The maximum atomic E-state index is 12.4. The minimum Gasteiger partial charge on any atom is -0.497 e. The summed E-state index contributed by atoms with van der Waals surface area (Å²) in [4.78, 5) is 12.4. The zero-order valence-corrected chi connectivity index (χ0v) is 12.3. The number of methoxy groups -OCH3 is 1. The number of rotatable bonds is 5. The summed E-state index contributed by atoms with van der Waals surface area (Å²) in [5.74, 6) is 0.810. The molecule has 0 bridgehead atoms. The molecule has 3 rings (SSSR count). The molecule has 2 aliphatic rings. The van der Waals surface area contributed by atoms with E-state index in [2.05, 4.69) is 5.32 Å². The zero-order valence-electron chi connectivity index (χ0n) is 12.3. The van der Waals surface area contributed by atoms with Crippen LogP contribution in [-0.2, 0) is 15.1 Å². The second-order valence-electron chi connectivity index (χ2n) is 5.86. The third kappa shape index (κ3) is 2.89. The van der Waals surface area contributed by atoms with Gasteiger partial charge in [-0.05, 0) is 43.4 Å². The highest BCUT2D eigenvalue weighted by Crippen LogP contribution is 2.46. The van der Waals surface area contributed by atoms with Gasteiger partial charge in [0.1, 0.15) is 11.9 Å². The summed E-state index contributed by atoms with van der Waals surface area (Å²) in [6.45, 7) is 0.480. The Morgan fingerprint density at radius 3 is 2.62 bits per heavy atom. The maximum Gasteiger partial charge on any atom is 0.249 e. The van der Waals surface area contributed by atoms with Crippen LogP contribution in [0.4, 0.5) is 0 Å². The molecule has 1 saturated heterocycles. The second-order valence-corrected chi connectivity index (χ2v) is 5.86. The van der Waals surface area contributed by atoms with Crippen LogP contribution in [0.2, 0.25) is 0 Å². The fourth-order valence-electron chi connectivity index (χ4n) is 2.91. The first kappa shape index (κ1) is 14.4. The maximum absolute atomic E-state index is 12.4. The Hall–Kier alpha value is -1.59. The lowest BCUT2D eigenvalue weighted by atomic mass is 10.0. The van der Waals surface area contributed by atoms with Crippen molar-refractivity contribution in [2.24, 2.45) is 5.73 Å². The Bertz CT molecular complexity index is 511. The smallest absolute Gasteiger partial charge is 0.249 e. The van der Waals surface area contributed by atoms with Crippen molar-refractivity contribution in [3.8, 4) is 5.75 Å². The summed E-state index contributed by atoms with van der Waals surface area (Å²) >= 11 is 0. The molecule has 5 heteroatoms. The molecule has 1 aromatic carbocycles. The molecule has 21 heavy (non-hydrogen) atoms. The van der Waals surface area contributed by atoms with E-state index in [0.717, 1.165) is 37.0 Å². The highest BCUT2D eigenvalue weighted by molar-refractivity contribution is 5.82. The van der Waals surface area contributed by atoms with Gasteiger partial charge in [-0.15, -0.1) is 0 Å². The Balaban J connectivity index is 1.64. The summed E-state index contributed by atoms with van der Waals surface area (Å²) in [7, 11) is 1.65. The van der Waals surface area contributed by atoms with E-state index in [-0.39, 0.29) is 23.7 Å². The highest BCUT2D eigenvalue weighted by Gasteiger charge is 2.47. The number of nitrogens with one attached hydrogen (secondary N) is 1. The minimum absolute atomic E-state index is 0.0146. The molecule has 5 nitrogen and oxygen atoms in total. The molecule has 1 aliphatic carbocycles. The Morgan fingerprint density at radius 1 is 1.38 bits per heavy atom. The van der Waals surface area contributed by atoms with Crippen LogP contribution in [-0.4, -0.2) is 31.8 Å². The predicted molar refractivity (Wildman–Crippen MR) is 79.0 cm³/mol. The number of carbonyl (C=O) groups excluding carboxylic acids is 1. The SMILES string of the molecule is COc1ccc(C2(NC(=O)[C@@H]3CC[C@H](CN)O3)CC2)cc1. The van der Waals surface area contributed by atoms with Crippen molar-refractivity contribution in [2.45, 2.75) is 43.4 Å². The number of amides is 1. The van der Waals surface area contributed by atoms with Gasteiger partial charge in [0.05, 0.1) is 18.8 Å². The summed E-state index contributed by atoms with van der Waals surface area (Å²) in [5.41, 5.74) is 6.50. The quantitative estimate of drug-likeness (QED) is 0.857. The molecule has 0 spiro atoms. The van der Waals surface area contributed by atoms with Gasteiger partial charge in [0, 0.05) is 6.54 Å². The molecule has 0 radical (unpaired) electrons. The lowest BCUT2D eigenvalue weighted by Crippen LogP contribution is -2.41. The fourth-order valence-corrected chi connectivity index (χ4v) is 2.91. The monoisotopic (exact) mass is 290 g/mol. The van der Waals surface area contributed by atoms with Crippen molar-refractivity contribution in [2.75, 3.05) is 13.7 Å². The third-order valence-corrected chi connectivity index (χ3v) is 4.42. The number of hydrogen-bond donors (Lipinski definition) is 2. The average molecular weight is 290 g/mol. The molecule has 1 aromatic rings. The predicted octanol–water partition coefficient (Wildman–Crippen LogP) is 1.31. The summed E-state index contributed by atoms with van der Waals surface area (Å²) in [5, 5.41) is 3.16. The van der Waals surface area contributed by atoms with Gasteiger partial charge < -0.3 is 20.5 Å². The van der Waals surface area contributed by atoms with Crippen LogP contribution >= 0.6 is 0 Å². The van der Waals surface area contributed by atoms with Crippen LogP contribution < -0.4 is 15.8 Å². The molecular weight excluding hydrogens is 268 g/mol. The molecule has 114 valence electrons. The largest absolute Gasteiger partial charge is 0.497 e. The van der Waals surface area contributed by atoms with Gasteiger partial charge >= 0.3 is 0 Å². The van der Waals surface area contributed by atoms with Crippen molar-refractivity contribution >= 4 is 5.91 Å².